The monoisotopic (exact) mass is 265 g/mol. The van der Waals surface area contributed by atoms with Gasteiger partial charge in [0.1, 0.15) is 5.75 Å². The Morgan fingerprint density at radius 3 is 2.37 bits per heavy atom. The highest BCUT2D eigenvalue weighted by Gasteiger charge is 2.25. The van der Waals surface area contributed by atoms with Crippen LogP contribution < -0.4 is 10.5 Å². The van der Waals surface area contributed by atoms with Gasteiger partial charge in [-0.05, 0) is 37.6 Å². The van der Waals surface area contributed by atoms with Gasteiger partial charge in [-0.25, -0.2) is 4.79 Å². The van der Waals surface area contributed by atoms with Crippen LogP contribution in [0.5, 0.6) is 5.75 Å². The van der Waals surface area contributed by atoms with Crippen LogP contribution in [-0.4, -0.2) is 25.2 Å². The predicted molar refractivity (Wildman–Crippen MR) is 75.1 cm³/mol. The zero-order valence-electron chi connectivity index (χ0n) is 11.9. The van der Waals surface area contributed by atoms with E-state index in [-0.39, 0.29) is 11.9 Å². The fourth-order valence-corrected chi connectivity index (χ4v) is 1.73. The Labute approximate surface area is 114 Å². The number of hydrogen-bond acceptors (Lipinski definition) is 4. The average Bonchev–Trinajstić information content (AvgIpc) is 2.38. The van der Waals surface area contributed by atoms with Gasteiger partial charge in [-0.3, -0.25) is 0 Å². The van der Waals surface area contributed by atoms with Crippen LogP contribution in [0.2, 0.25) is 0 Å². The van der Waals surface area contributed by atoms with Gasteiger partial charge < -0.3 is 15.2 Å². The average molecular weight is 265 g/mol. The molecule has 0 radical (unpaired) electrons. The molecule has 2 N–H and O–H groups in total. The lowest BCUT2D eigenvalue weighted by atomic mass is 10.1. The molecule has 0 aliphatic rings. The Morgan fingerprint density at radius 2 is 1.89 bits per heavy atom. The molecule has 1 atom stereocenters. The second-order valence-electron chi connectivity index (χ2n) is 4.72. The van der Waals surface area contributed by atoms with E-state index in [1.54, 1.807) is 6.92 Å². The lowest BCUT2D eigenvalue weighted by molar-refractivity contribution is -0.153. The van der Waals surface area contributed by atoms with Crippen LogP contribution in [-0.2, 0) is 16.0 Å². The Balaban J connectivity index is 2.70. The van der Waals surface area contributed by atoms with E-state index < -0.39 is 6.10 Å². The minimum atomic E-state index is -0.569. The summed E-state index contributed by atoms with van der Waals surface area (Å²) in [5.74, 6) is 0.416. The zero-order chi connectivity index (χ0) is 14.3. The van der Waals surface area contributed by atoms with Crippen LogP contribution in [0.4, 0.5) is 0 Å². The maximum absolute atomic E-state index is 11.8. The van der Waals surface area contributed by atoms with Crippen molar-refractivity contribution in [1.82, 2.24) is 0 Å². The Morgan fingerprint density at radius 1 is 1.26 bits per heavy atom. The number of carbonyl (C=O) groups excluding carboxylic acids is 1. The van der Waals surface area contributed by atoms with Gasteiger partial charge in [-0.2, -0.15) is 0 Å². The molecule has 0 saturated carbocycles. The van der Waals surface area contributed by atoms with Gasteiger partial charge in [0.2, 0.25) is 0 Å². The number of rotatable bonds is 7. The summed E-state index contributed by atoms with van der Waals surface area (Å²) in [6.45, 7) is 6.64. The normalized spacial score (nSPS) is 12.3. The van der Waals surface area contributed by atoms with Crippen LogP contribution >= 0.6 is 0 Å². The molecule has 0 spiro atoms. The third kappa shape index (κ3) is 4.91. The van der Waals surface area contributed by atoms with Crippen molar-refractivity contribution in [3.63, 3.8) is 0 Å². The first kappa shape index (κ1) is 15.5. The van der Waals surface area contributed by atoms with E-state index in [1.807, 2.05) is 38.1 Å². The summed E-state index contributed by atoms with van der Waals surface area (Å²) in [5, 5.41) is 0. The van der Waals surface area contributed by atoms with Gasteiger partial charge in [0.25, 0.3) is 0 Å². The minimum Gasteiger partial charge on any atom is -0.478 e. The molecule has 19 heavy (non-hydrogen) atoms. The number of hydrogen-bond donors (Lipinski definition) is 1. The summed E-state index contributed by atoms with van der Waals surface area (Å²) < 4.78 is 10.7. The smallest absolute Gasteiger partial charge is 0.347 e. The molecule has 0 saturated heterocycles. The first-order valence-corrected chi connectivity index (χ1v) is 6.70. The van der Waals surface area contributed by atoms with E-state index in [4.69, 9.17) is 15.2 Å². The standard InChI is InChI=1S/C15H23NO3/c1-4-18-15(17)14(11(2)3)19-13-7-5-12(6-8-13)9-10-16/h5-8,11,14H,4,9-10,16H2,1-3H3. The summed E-state index contributed by atoms with van der Waals surface area (Å²) >= 11 is 0. The van der Waals surface area contributed by atoms with Gasteiger partial charge in [-0.1, -0.05) is 26.0 Å². The van der Waals surface area contributed by atoms with Crippen molar-refractivity contribution in [3.05, 3.63) is 29.8 Å². The van der Waals surface area contributed by atoms with Gasteiger partial charge in [0.05, 0.1) is 6.61 Å². The van der Waals surface area contributed by atoms with E-state index >= 15 is 0 Å². The van der Waals surface area contributed by atoms with Crippen LogP contribution in [0.1, 0.15) is 26.3 Å². The lowest BCUT2D eigenvalue weighted by Crippen LogP contribution is -2.34. The molecular weight excluding hydrogens is 242 g/mol. The van der Waals surface area contributed by atoms with E-state index in [0.717, 1.165) is 12.0 Å². The highest BCUT2D eigenvalue weighted by Crippen LogP contribution is 2.18. The number of ether oxygens (including phenoxy) is 2. The van der Waals surface area contributed by atoms with Crippen molar-refractivity contribution in [3.8, 4) is 5.75 Å². The first-order chi connectivity index (χ1) is 9.08. The highest BCUT2D eigenvalue weighted by atomic mass is 16.6. The molecular formula is C15H23NO3. The third-order valence-electron chi connectivity index (χ3n) is 2.74. The summed E-state index contributed by atoms with van der Waals surface area (Å²) in [7, 11) is 0. The molecule has 1 rings (SSSR count). The summed E-state index contributed by atoms with van der Waals surface area (Å²) in [4.78, 5) is 11.8. The van der Waals surface area contributed by atoms with Crippen LogP contribution in [0.25, 0.3) is 0 Å². The second-order valence-corrected chi connectivity index (χ2v) is 4.72. The quantitative estimate of drug-likeness (QED) is 0.767. The van der Waals surface area contributed by atoms with E-state index in [2.05, 4.69) is 0 Å². The van der Waals surface area contributed by atoms with Crippen LogP contribution in [0.15, 0.2) is 24.3 Å². The van der Waals surface area contributed by atoms with Crippen LogP contribution in [0.3, 0.4) is 0 Å². The van der Waals surface area contributed by atoms with Crippen molar-refractivity contribution < 1.29 is 14.3 Å². The molecule has 0 amide bonds. The van der Waals surface area contributed by atoms with Crippen LogP contribution in [0, 0.1) is 5.92 Å². The molecule has 1 aromatic rings. The number of carbonyl (C=O) groups is 1. The fourth-order valence-electron chi connectivity index (χ4n) is 1.73. The molecule has 0 aromatic heterocycles. The van der Waals surface area contributed by atoms with E-state index in [0.29, 0.717) is 18.9 Å². The number of benzene rings is 1. The minimum absolute atomic E-state index is 0.0581. The SMILES string of the molecule is CCOC(=O)C(Oc1ccc(CCN)cc1)C(C)C. The predicted octanol–water partition coefficient (Wildman–Crippen LogP) is 2.15. The largest absolute Gasteiger partial charge is 0.478 e. The van der Waals surface area contributed by atoms with Crippen molar-refractivity contribution in [2.75, 3.05) is 13.2 Å². The highest BCUT2D eigenvalue weighted by molar-refractivity contribution is 5.75. The van der Waals surface area contributed by atoms with Crippen molar-refractivity contribution >= 4 is 5.97 Å². The molecule has 0 heterocycles. The molecule has 0 aliphatic carbocycles. The Bertz CT molecular complexity index is 387. The van der Waals surface area contributed by atoms with E-state index in [1.165, 1.54) is 0 Å². The second kappa shape index (κ2) is 7.79. The zero-order valence-corrected chi connectivity index (χ0v) is 11.9. The van der Waals surface area contributed by atoms with Crippen molar-refractivity contribution in [1.29, 1.82) is 0 Å². The Kier molecular flexibility index (Phi) is 6.36. The maximum atomic E-state index is 11.8. The topological polar surface area (TPSA) is 61.5 Å². The van der Waals surface area contributed by atoms with E-state index in [9.17, 15) is 4.79 Å². The Hall–Kier alpha value is -1.55. The van der Waals surface area contributed by atoms with Gasteiger partial charge in [-0.15, -0.1) is 0 Å². The van der Waals surface area contributed by atoms with Gasteiger partial charge in [0, 0.05) is 5.92 Å². The third-order valence-corrected chi connectivity index (χ3v) is 2.74. The molecule has 0 aliphatic heterocycles. The molecule has 1 aromatic carbocycles. The molecule has 106 valence electrons. The van der Waals surface area contributed by atoms with Crippen molar-refractivity contribution in [2.24, 2.45) is 11.7 Å². The molecule has 1 unspecified atom stereocenters. The van der Waals surface area contributed by atoms with Crippen molar-refractivity contribution in [2.45, 2.75) is 33.3 Å². The van der Waals surface area contributed by atoms with Gasteiger partial charge >= 0.3 is 5.97 Å². The molecule has 4 nitrogen and oxygen atoms in total. The lowest BCUT2D eigenvalue weighted by Gasteiger charge is -2.20. The molecule has 0 bridgehead atoms. The fraction of sp³-hybridized carbons (Fsp3) is 0.533. The van der Waals surface area contributed by atoms with Gasteiger partial charge in [0.15, 0.2) is 6.10 Å². The number of esters is 1. The number of nitrogens with two attached hydrogens (primary N) is 1. The molecule has 4 heteroatoms. The summed E-state index contributed by atoms with van der Waals surface area (Å²) in [6, 6.07) is 7.65. The summed E-state index contributed by atoms with van der Waals surface area (Å²) in [6.07, 6.45) is 0.270. The molecule has 0 fully saturated rings. The first-order valence-electron chi connectivity index (χ1n) is 6.70. The summed E-state index contributed by atoms with van der Waals surface area (Å²) in [5.41, 5.74) is 6.66. The maximum Gasteiger partial charge on any atom is 0.347 e.